The number of hydrogen-bond acceptors (Lipinski definition) is 2. The van der Waals surface area contributed by atoms with Gasteiger partial charge in [-0.25, -0.2) is 0 Å². The highest BCUT2D eigenvalue weighted by molar-refractivity contribution is 5.27. The van der Waals surface area contributed by atoms with Gasteiger partial charge in [-0.05, 0) is 37.6 Å². The van der Waals surface area contributed by atoms with Crippen molar-refractivity contribution in [3.05, 3.63) is 29.8 Å². The van der Waals surface area contributed by atoms with Gasteiger partial charge < -0.3 is 10.1 Å². The number of halogens is 1. The Morgan fingerprint density at radius 1 is 1.33 bits per heavy atom. The summed E-state index contributed by atoms with van der Waals surface area (Å²) in [4.78, 5) is 0. The lowest BCUT2D eigenvalue weighted by molar-refractivity contribution is 0.312. The zero-order valence-corrected chi connectivity index (χ0v) is 9.13. The molecule has 0 atom stereocenters. The molecule has 0 aliphatic carbocycles. The maximum atomic E-state index is 11.7. The number of hydrogen-bond donors (Lipinski definition) is 1. The number of nitrogens with one attached hydrogen (secondary N) is 1. The minimum absolute atomic E-state index is 0.258. The highest BCUT2D eigenvalue weighted by Crippen LogP contribution is 2.11. The van der Waals surface area contributed by atoms with E-state index in [-0.39, 0.29) is 6.67 Å². The molecule has 0 spiro atoms. The Morgan fingerprint density at radius 2 is 2.20 bits per heavy atom. The number of benzene rings is 1. The minimum Gasteiger partial charge on any atom is -0.492 e. The topological polar surface area (TPSA) is 21.3 Å². The van der Waals surface area contributed by atoms with Gasteiger partial charge in [-0.1, -0.05) is 12.1 Å². The number of ether oxygens (including phenoxy) is 1. The summed E-state index contributed by atoms with van der Waals surface area (Å²) < 4.78 is 17.3. The van der Waals surface area contributed by atoms with Crippen LogP contribution in [0, 0.1) is 6.92 Å². The second-order valence-corrected chi connectivity index (χ2v) is 3.46. The Hall–Kier alpha value is -1.09. The van der Waals surface area contributed by atoms with Crippen LogP contribution in [0.3, 0.4) is 0 Å². The quantitative estimate of drug-likeness (QED) is 0.699. The lowest BCUT2D eigenvalue weighted by Gasteiger charge is -2.07. The Morgan fingerprint density at radius 3 is 2.93 bits per heavy atom. The van der Waals surface area contributed by atoms with Crippen LogP contribution in [0.1, 0.15) is 12.0 Å². The molecule has 1 aromatic carbocycles. The van der Waals surface area contributed by atoms with Gasteiger partial charge in [0.2, 0.25) is 0 Å². The zero-order chi connectivity index (χ0) is 10.9. The third-order valence-electron chi connectivity index (χ3n) is 2.02. The Bertz CT molecular complexity index is 278. The summed E-state index contributed by atoms with van der Waals surface area (Å²) in [5.74, 6) is 0.891. The van der Waals surface area contributed by atoms with Crippen molar-refractivity contribution in [3.63, 3.8) is 0 Å². The molecule has 0 bridgehead atoms. The van der Waals surface area contributed by atoms with Gasteiger partial charge in [0.15, 0.2) is 0 Å². The molecule has 3 heteroatoms. The van der Waals surface area contributed by atoms with Crippen molar-refractivity contribution in [2.45, 2.75) is 13.3 Å². The van der Waals surface area contributed by atoms with Crippen molar-refractivity contribution in [2.24, 2.45) is 0 Å². The van der Waals surface area contributed by atoms with Crippen LogP contribution in [0.25, 0.3) is 0 Å². The van der Waals surface area contributed by atoms with E-state index in [1.54, 1.807) is 0 Å². The molecule has 2 nitrogen and oxygen atoms in total. The molecule has 0 aliphatic rings. The second kappa shape index (κ2) is 7.23. The van der Waals surface area contributed by atoms with Crippen molar-refractivity contribution in [1.82, 2.24) is 5.32 Å². The summed E-state index contributed by atoms with van der Waals surface area (Å²) in [5, 5.41) is 3.11. The van der Waals surface area contributed by atoms with Crippen LogP contribution in [0.15, 0.2) is 24.3 Å². The predicted octanol–water partition coefficient (Wildman–Crippen LogP) is 2.32. The maximum absolute atomic E-state index is 11.7. The Kier molecular flexibility index (Phi) is 5.78. The van der Waals surface area contributed by atoms with Gasteiger partial charge >= 0.3 is 0 Å². The molecule has 0 aromatic heterocycles. The van der Waals surface area contributed by atoms with Crippen LogP contribution in [-0.4, -0.2) is 26.4 Å². The van der Waals surface area contributed by atoms with Crippen molar-refractivity contribution >= 4 is 0 Å². The third kappa shape index (κ3) is 5.37. The average Bonchev–Trinajstić information content (AvgIpc) is 2.23. The van der Waals surface area contributed by atoms with Gasteiger partial charge in [-0.3, -0.25) is 4.39 Å². The monoisotopic (exact) mass is 211 g/mol. The molecule has 1 rings (SSSR count). The Balaban J connectivity index is 2.10. The molecule has 1 aromatic rings. The lowest BCUT2D eigenvalue weighted by Crippen LogP contribution is -2.22. The first-order valence-corrected chi connectivity index (χ1v) is 5.29. The van der Waals surface area contributed by atoms with Crippen molar-refractivity contribution in [3.8, 4) is 5.75 Å². The van der Waals surface area contributed by atoms with E-state index in [9.17, 15) is 4.39 Å². The molecule has 84 valence electrons. The molecule has 1 N–H and O–H groups in total. The molecule has 0 heterocycles. The number of rotatable bonds is 7. The van der Waals surface area contributed by atoms with Crippen molar-refractivity contribution < 1.29 is 9.13 Å². The van der Waals surface area contributed by atoms with E-state index in [0.717, 1.165) is 12.3 Å². The summed E-state index contributed by atoms with van der Waals surface area (Å²) in [5.41, 5.74) is 1.19. The molecule has 0 radical (unpaired) electrons. The van der Waals surface area contributed by atoms with Crippen LogP contribution in [0.4, 0.5) is 4.39 Å². The molecule has 0 saturated carbocycles. The van der Waals surface area contributed by atoms with E-state index in [1.807, 2.05) is 31.2 Å². The van der Waals surface area contributed by atoms with E-state index in [1.165, 1.54) is 5.56 Å². The SMILES string of the molecule is Cc1cccc(OCCNCCCF)c1. The smallest absolute Gasteiger partial charge is 0.119 e. The van der Waals surface area contributed by atoms with Gasteiger partial charge in [0.05, 0.1) is 6.67 Å². The van der Waals surface area contributed by atoms with E-state index in [2.05, 4.69) is 5.32 Å². The van der Waals surface area contributed by atoms with Gasteiger partial charge in [0.25, 0.3) is 0 Å². The molecule has 0 saturated heterocycles. The zero-order valence-electron chi connectivity index (χ0n) is 9.13. The molecule has 0 amide bonds. The van der Waals surface area contributed by atoms with Crippen LogP contribution in [0.5, 0.6) is 5.75 Å². The van der Waals surface area contributed by atoms with Gasteiger partial charge in [-0.2, -0.15) is 0 Å². The lowest BCUT2D eigenvalue weighted by atomic mass is 10.2. The summed E-state index contributed by atoms with van der Waals surface area (Å²) in [6, 6.07) is 7.95. The van der Waals surface area contributed by atoms with Crippen molar-refractivity contribution in [2.75, 3.05) is 26.4 Å². The normalized spacial score (nSPS) is 10.3. The largest absolute Gasteiger partial charge is 0.492 e. The molecular weight excluding hydrogens is 193 g/mol. The average molecular weight is 211 g/mol. The van der Waals surface area contributed by atoms with Gasteiger partial charge in [-0.15, -0.1) is 0 Å². The van der Waals surface area contributed by atoms with Crippen LogP contribution >= 0.6 is 0 Å². The fraction of sp³-hybridized carbons (Fsp3) is 0.500. The first kappa shape index (κ1) is 12.0. The van der Waals surface area contributed by atoms with E-state index in [0.29, 0.717) is 19.6 Å². The first-order valence-electron chi connectivity index (χ1n) is 5.29. The Labute approximate surface area is 90.4 Å². The number of aryl methyl sites for hydroxylation is 1. The highest BCUT2D eigenvalue weighted by atomic mass is 19.1. The molecule has 0 unspecified atom stereocenters. The maximum Gasteiger partial charge on any atom is 0.119 e. The van der Waals surface area contributed by atoms with Gasteiger partial charge in [0, 0.05) is 6.54 Å². The second-order valence-electron chi connectivity index (χ2n) is 3.46. The molecule has 15 heavy (non-hydrogen) atoms. The summed E-state index contributed by atoms with van der Waals surface area (Å²) in [6.07, 6.45) is 0.574. The first-order chi connectivity index (χ1) is 7.33. The van der Waals surface area contributed by atoms with E-state index in [4.69, 9.17) is 4.74 Å². The van der Waals surface area contributed by atoms with Crippen molar-refractivity contribution in [1.29, 1.82) is 0 Å². The fourth-order valence-corrected chi connectivity index (χ4v) is 1.26. The van der Waals surface area contributed by atoms with Gasteiger partial charge in [0.1, 0.15) is 12.4 Å². The molecule has 0 aliphatic heterocycles. The summed E-state index contributed by atoms with van der Waals surface area (Å²) >= 11 is 0. The predicted molar refractivity (Wildman–Crippen MR) is 60.1 cm³/mol. The molecular formula is C12H18FNO. The summed E-state index contributed by atoms with van der Waals surface area (Å²) in [7, 11) is 0. The van der Waals surface area contributed by atoms with Crippen LogP contribution in [-0.2, 0) is 0 Å². The minimum atomic E-state index is -0.258. The van der Waals surface area contributed by atoms with Crippen LogP contribution in [0.2, 0.25) is 0 Å². The molecule has 0 fully saturated rings. The van der Waals surface area contributed by atoms with Crippen LogP contribution < -0.4 is 10.1 Å². The van der Waals surface area contributed by atoms with E-state index < -0.39 is 0 Å². The third-order valence-corrected chi connectivity index (χ3v) is 2.02. The highest BCUT2D eigenvalue weighted by Gasteiger charge is 1.93. The standard InChI is InChI=1S/C12H18FNO/c1-11-4-2-5-12(10-11)15-9-8-14-7-3-6-13/h2,4-5,10,14H,3,6-9H2,1H3. The van der Waals surface area contributed by atoms with E-state index >= 15 is 0 Å². The number of alkyl halides is 1. The fourth-order valence-electron chi connectivity index (χ4n) is 1.26. The summed E-state index contributed by atoms with van der Waals surface area (Å²) in [6.45, 7) is 3.87.